The molecule has 0 aliphatic rings. The highest BCUT2D eigenvalue weighted by atomic mass is 35.5. The van der Waals surface area contributed by atoms with Gasteiger partial charge in [-0.2, -0.15) is 5.10 Å². The van der Waals surface area contributed by atoms with Gasteiger partial charge in [0.2, 0.25) is 0 Å². The minimum Gasteiger partial charge on any atom is -0.496 e. The molecule has 0 aliphatic heterocycles. The summed E-state index contributed by atoms with van der Waals surface area (Å²) in [5.41, 5.74) is 0.787. The molecule has 21 heavy (non-hydrogen) atoms. The van der Waals surface area contributed by atoms with Crippen molar-refractivity contribution in [3.63, 3.8) is 0 Å². The first-order chi connectivity index (χ1) is 10.1. The summed E-state index contributed by atoms with van der Waals surface area (Å²) in [4.78, 5) is 23.1. The van der Waals surface area contributed by atoms with Crippen LogP contribution in [0.3, 0.4) is 0 Å². The summed E-state index contributed by atoms with van der Waals surface area (Å²) in [7, 11) is 1.54. The number of halogens is 1. The summed E-state index contributed by atoms with van der Waals surface area (Å²) in [6, 6.07) is 6.57. The molecule has 0 radical (unpaired) electrons. The van der Waals surface area contributed by atoms with Crippen molar-refractivity contribution in [2.75, 3.05) is 7.11 Å². The number of hydrogen-bond acceptors (Lipinski definition) is 4. The molecule has 0 saturated carbocycles. The third-order valence-corrected chi connectivity index (χ3v) is 3.24. The van der Waals surface area contributed by atoms with E-state index in [0.29, 0.717) is 34.9 Å². The Morgan fingerprint density at radius 1 is 1.38 bits per heavy atom. The van der Waals surface area contributed by atoms with E-state index in [-0.39, 0.29) is 5.56 Å². The fourth-order valence-corrected chi connectivity index (χ4v) is 2.19. The van der Waals surface area contributed by atoms with Gasteiger partial charge in [0, 0.05) is 17.1 Å². The van der Waals surface area contributed by atoms with Crippen LogP contribution in [-0.4, -0.2) is 23.2 Å². The van der Waals surface area contributed by atoms with Crippen molar-refractivity contribution in [1.82, 2.24) is 9.78 Å². The molecule has 0 aliphatic carbocycles. The van der Waals surface area contributed by atoms with Crippen molar-refractivity contribution in [2.24, 2.45) is 0 Å². The summed E-state index contributed by atoms with van der Waals surface area (Å²) in [5.74, 6) is 0.574. The Balaban J connectivity index is 2.69. The second-order valence-corrected chi connectivity index (χ2v) is 4.91. The molecule has 2 rings (SSSR count). The van der Waals surface area contributed by atoms with Crippen LogP contribution in [0.2, 0.25) is 5.02 Å². The molecule has 110 valence electrons. The topological polar surface area (TPSA) is 61.2 Å². The van der Waals surface area contributed by atoms with Gasteiger partial charge in [-0.05, 0) is 30.7 Å². The number of carbonyl (C=O) groups is 1. The number of aryl methyl sites for hydroxylation is 1. The minimum absolute atomic E-state index is 0.0653. The van der Waals surface area contributed by atoms with Crippen LogP contribution in [0.15, 0.2) is 29.1 Å². The van der Waals surface area contributed by atoms with E-state index in [1.165, 1.54) is 17.9 Å². The van der Waals surface area contributed by atoms with Gasteiger partial charge in [0.1, 0.15) is 5.75 Å². The highest BCUT2D eigenvalue weighted by Crippen LogP contribution is 2.31. The molecule has 1 aromatic heterocycles. The second-order valence-electron chi connectivity index (χ2n) is 4.48. The Hall–Kier alpha value is -2.14. The Kier molecular flexibility index (Phi) is 4.75. The summed E-state index contributed by atoms with van der Waals surface area (Å²) >= 11 is 6.01. The fraction of sp³-hybridized carbons (Fsp3) is 0.267. The molecule has 0 fully saturated rings. The first kappa shape index (κ1) is 15.3. The number of aldehydes is 1. The van der Waals surface area contributed by atoms with E-state index in [4.69, 9.17) is 16.3 Å². The lowest BCUT2D eigenvalue weighted by Gasteiger charge is -2.11. The van der Waals surface area contributed by atoms with Crippen LogP contribution in [0.1, 0.15) is 23.7 Å². The van der Waals surface area contributed by atoms with Crippen LogP contribution in [0.4, 0.5) is 0 Å². The quantitative estimate of drug-likeness (QED) is 0.797. The van der Waals surface area contributed by atoms with Crippen molar-refractivity contribution in [1.29, 1.82) is 0 Å². The summed E-state index contributed by atoms with van der Waals surface area (Å²) in [6.07, 6.45) is 1.28. The highest BCUT2D eigenvalue weighted by molar-refractivity contribution is 6.30. The third-order valence-electron chi connectivity index (χ3n) is 3.00. The summed E-state index contributed by atoms with van der Waals surface area (Å²) in [6.45, 7) is 2.37. The van der Waals surface area contributed by atoms with Crippen LogP contribution < -0.4 is 10.3 Å². The van der Waals surface area contributed by atoms with Gasteiger partial charge in [-0.1, -0.05) is 18.5 Å². The van der Waals surface area contributed by atoms with Gasteiger partial charge in [-0.15, -0.1) is 0 Å². The molecule has 0 spiro atoms. The van der Waals surface area contributed by atoms with Crippen LogP contribution in [0.5, 0.6) is 5.75 Å². The number of aromatic nitrogens is 2. The maximum absolute atomic E-state index is 12.0. The lowest BCUT2D eigenvalue weighted by Crippen LogP contribution is -2.26. The van der Waals surface area contributed by atoms with E-state index in [1.54, 1.807) is 18.2 Å². The van der Waals surface area contributed by atoms with Gasteiger partial charge in [0.05, 0.1) is 18.4 Å². The number of ether oxygens (including phenoxy) is 1. The zero-order valence-corrected chi connectivity index (χ0v) is 12.6. The number of nitrogens with zero attached hydrogens (tertiary/aromatic N) is 2. The number of rotatable bonds is 5. The zero-order valence-electron chi connectivity index (χ0n) is 11.8. The minimum atomic E-state index is -0.392. The van der Waals surface area contributed by atoms with Crippen molar-refractivity contribution in [3.05, 3.63) is 45.2 Å². The number of methoxy groups -OCH3 is 1. The monoisotopic (exact) mass is 306 g/mol. The van der Waals surface area contributed by atoms with E-state index < -0.39 is 5.56 Å². The Bertz CT molecular complexity index is 725. The molecule has 0 amide bonds. The van der Waals surface area contributed by atoms with Gasteiger partial charge in [0.25, 0.3) is 5.56 Å². The lowest BCUT2D eigenvalue weighted by atomic mass is 10.1. The molecule has 2 aromatic rings. The van der Waals surface area contributed by atoms with Gasteiger partial charge in [-0.25, -0.2) is 4.68 Å². The van der Waals surface area contributed by atoms with Crippen molar-refractivity contribution >= 4 is 17.9 Å². The van der Waals surface area contributed by atoms with Gasteiger partial charge in [-0.3, -0.25) is 9.59 Å². The van der Waals surface area contributed by atoms with Crippen LogP contribution in [0, 0.1) is 0 Å². The average molecular weight is 307 g/mol. The van der Waals surface area contributed by atoms with E-state index in [1.807, 2.05) is 6.92 Å². The largest absolute Gasteiger partial charge is 0.496 e. The molecular weight excluding hydrogens is 292 g/mol. The smallest absolute Gasteiger partial charge is 0.277 e. The van der Waals surface area contributed by atoms with Crippen molar-refractivity contribution in [2.45, 2.75) is 19.9 Å². The number of benzene rings is 1. The third kappa shape index (κ3) is 3.13. The number of carbonyl (C=O) groups excluding carboxylic acids is 1. The van der Waals surface area contributed by atoms with E-state index in [2.05, 4.69) is 5.10 Å². The van der Waals surface area contributed by atoms with Gasteiger partial charge >= 0.3 is 0 Å². The second kappa shape index (κ2) is 6.54. The van der Waals surface area contributed by atoms with E-state index >= 15 is 0 Å². The molecule has 5 nitrogen and oxygen atoms in total. The summed E-state index contributed by atoms with van der Waals surface area (Å²) in [5, 5.41) is 4.82. The Morgan fingerprint density at radius 2 is 2.14 bits per heavy atom. The Labute approximate surface area is 127 Å². The first-order valence-corrected chi connectivity index (χ1v) is 6.89. The van der Waals surface area contributed by atoms with Crippen LogP contribution in [-0.2, 0) is 6.54 Å². The molecular formula is C15H15ClN2O3. The molecule has 6 heteroatoms. The predicted molar refractivity (Wildman–Crippen MR) is 81.2 cm³/mol. The molecule has 0 atom stereocenters. The van der Waals surface area contributed by atoms with E-state index in [0.717, 1.165) is 6.42 Å². The van der Waals surface area contributed by atoms with Gasteiger partial charge in [0.15, 0.2) is 6.29 Å². The maximum Gasteiger partial charge on any atom is 0.277 e. The lowest BCUT2D eigenvalue weighted by molar-refractivity contribution is 0.112. The Morgan fingerprint density at radius 3 is 2.76 bits per heavy atom. The molecule has 0 N–H and O–H groups in total. The van der Waals surface area contributed by atoms with Crippen molar-refractivity contribution in [3.8, 4) is 17.0 Å². The highest BCUT2D eigenvalue weighted by Gasteiger charge is 2.13. The number of hydrogen-bond donors (Lipinski definition) is 0. The molecule has 1 aromatic carbocycles. The van der Waals surface area contributed by atoms with Gasteiger partial charge < -0.3 is 4.74 Å². The fourth-order valence-electron chi connectivity index (χ4n) is 2.02. The SMILES string of the molecule is CCCn1nc(-c2cc(Cl)ccc2OC)cc(C=O)c1=O. The zero-order chi connectivity index (χ0) is 15.4. The standard InChI is InChI=1S/C15H15ClN2O3/c1-3-6-18-15(20)10(9-19)7-13(17-18)12-8-11(16)4-5-14(12)21-2/h4-5,7-9H,3,6H2,1-2H3. The molecule has 0 unspecified atom stereocenters. The van der Waals surface area contributed by atoms with Crippen molar-refractivity contribution < 1.29 is 9.53 Å². The first-order valence-electron chi connectivity index (χ1n) is 6.52. The normalized spacial score (nSPS) is 10.4. The molecule has 1 heterocycles. The molecule has 0 saturated heterocycles. The predicted octanol–water partition coefficient (Wildman–Crippen LogP) is 2.79. The van der Waals surface area contributed by atoms with Crippen LogP contribution in [0.25, 0.3) is 11.3 Å². The van der Waals surface area contributed by atoms with E-state index in [9.17, 15) is 9.59 Å². The molecule has 0 bridgehead atoms. The summed E-state index contributed by atoms with van der Waals surface area (Å²) < 4.78 is 6.58. The maximum atomic E-state index is 12.0. The van der Waals surface area contributed by atoms with Crippen LogP contribution >= 0.6 is 11.6 Å². The average Bonchev–Trinajstić information content (AvgIpc) is 2.49.